The molecule has 1 saturated heterocycles. The Morgan fingerprint density at radius 2 is 2.00 bits per heavy atom. The molecule has 1 aliphatic rings. The summed E-state index contributed by atoms with van der Waals surface area (Å²) in [5, 5.41) is 20.9. The highest BCUT2D eigenvalue weighted by Gasteiger charge is 2.35. The summed E-state index contributed by atoms with van der Waals surface area (Å²) in [5.41, 5.74) is -0.588. The van der Waals surface area contributed by atoms with Gasteiger partial charge in [-0.25, -0.2) is 9.59 Å². The fourth-order valence-corrected chi connectivity index (χ4v) is 2.18. The Labute approximate surface area is 118 Å². The number of carbonyl (C=O) groups is 2. The lowest BCUT2D eigenvalue weighted by Gasteiger charge is -2.37. The molecule has 2 amide bonds. The fourth-order valence-electron chi connectivity index (χ4n) is 2.18. The van der Waals surface area contributed by atoms with Crippen LogP contribution in [0.25, 0.3) is 0 Å². The molecule has 3 N–H and O–H groups in total. The first kappa shape index (κ1) is 16.7. The summed E-state index contributed by atoms with van der Waals surface area (Å²) in [6.07, 6.45) is -0.619. The molecule has 0 saturated carbocycles. The zero-order valence-electron chi connectivity index (χ0n) is 12.4. The molecule has 1 fully saturated rings. The first-order chi connectivity index (χ1) is 9.15. The molecule has 7 nitrogen and oxygen atoms in total. The second kappa shape index (κ2) is 6.41. The van der Waals surface area contributed by atoms with Gasteiger partial charge in [0.05, 0.1) is 25.4 Å². The molecule has 0 spiro atoms. The average molecular weight is 288 g/mol. The van der Waals surface area contributed by atoms with Crippen LogP contribution in [0.2, 0.25) is 0 Å². The van der Waals surface area contributed by atoms with Crippen molar-refractivity contribution in [2.45, 2.75) is 45.9 Å². The number of nitrogens with one attached hydrogen (secondary N) is 1. The van der Waals surface area contributed by atoms with Crippen LogP contribution in [0, 0.1) is 5.41 Å². The number of amides is 2. The molecule has 20 heavy (non-hydrogen) atoms. The summed E-state index contributed by atoms with van der Waals surface area (Å²) < 4.78 is 5.45. The van der Waals surface area contributed by atoms with E-state index in [0.29, 0.717) is 6.54 Å². The van der Waals surface area contributed by atoms with Gasteiger partial charge >= 0.3 is 12.0 Å². The molecule has 1 aliphatic heterocycles. The van der Waals surface area contributed by atoms with Gasteiger partial charge in [0.1, 0.15) is 6.04 Å². The molecule has 1 heterocycles. The van der Waals surface area contributed by atoms with Gasteiger partial charge in [0.2, 0.25) is 0 Å². The number of carbonyl (C=O) groups excluding carboxylic acids is 1. The Kier molecular flexibility index (Phi) is 5.35. The van der Waals surface area contributed by atoms with E-state index >= 15 is 0 Å². The van der Waals surface area contributed by atoms with Crippen LogP contribution in [0.5, 0.6) is 0 Å². The Morgan fingerprint density at radius 3 is 2.45 bits per heavy atom. The van der Waals surface area contributed by atoms with Crippen molar-refractivity contribution in [1.82, 2.24) is 10.2 Å². The van der Waals surface area contributed by atoms with Crippen molar-refractivity contribution >= 4 is 12.0 Å². The molecular weight excluding hydrogens is 264 g/mol. The summed E-state index contributed by atoms with van der Waals surface area (Å²) in [7, 11) is 0. The maximum absolute atomic E-state index is 12.2. The van der Waals surface area contributed by atoms with Crippen molar-refractivity contribution in [1.29, 1.82) is 0 Å². The van der Waals surface area contributed by atoms with Gasteiger partial charge in [0.25, 0.3) is 0 Å². The van der Waals surface area contributed by atoms with E-state index in [4.69, 9.17) is 9.84 Å². The van der Waals surface area contributed by atoms with Crippen LogP contribution in [-0.4, -0.2) is 65.1 Å². The first-order valence-corrected chi connectivity index (χ1v) is 6.69. The Hall–Kier alpha value is -1.34. The highest BCUT2D eigenvalue weighted by atomic mass is 16.5. The van der Waals surface area contributed by atoms with E-state index in [1.807, 2.05) is 0 Å². The second-order valence-electron chi connectivity index (χ2n) is 6.24. The summed E-state index contributed by atoms with van der Waals surface area (Å²) in [4.78, 5) is 24.9. The van der Waals surface area contributed by atoms with Crippen LogP contribution < -0.4 is 5.32 Å². The summed E-state index contributed by atoms with van der Waals surface area (Å²) in [6, 6.07) is -1.42. The van der Waals surface area contributed by atoms with Crippen molar-refractivity contribution < 1.29 is 24.5 Å². The molecule has 0 aromatic rings. The van der Waals surface area contributed by atoms with E-state index in [1.165, 1.54) is 4.90 Å². The zero-order chi connectivity index (χ0) is 15.5. The largest absolute Gasteiger partial charge is 0.480 e. The number of carboxylic acid groups (broad SMARTS) is 1. The Bertz CT molecular complexity index is 366. The first-order valence-electron chi connectivity index (χ1n) is 6.69. The molecule has 0 aromatic carbocycles. The molecule has 0 bridgehead atoms. The monoisotopic (exact) mass is 288 g/mol. The number of ether oxygens (including phenoxy) is 1. The lowest BCUT2D eigenvalue weighted by atomic mass is 9.87. The topological polar surface area (TPSA) is 99.1 Å². The van der Waals surface area contributed by atoms with Crippen molar-refractivity contribution in [2.24, 2.45) is 5.41 Å². The Balaban J connectivity index is 2.71. The Morgan fingerprint density at radius 1 is 1.40 bits per heavy atom. The summed E-state index contributed by atoms with van der Waals surface area (Å²) in [6.45, 7) is 7.53. The number of hydrogen-bond donors (Lipinski definition) is 3. The number of hydrogen-bond acceptors (Lipinski definition) is 4. The van der Waals surface area contributed by atoms with Gasteiger partial charge in [-0.15, -0.1) is 0 Å². The number of aliphatic carboxylic acids is 1. The molecule has 0 aromatic heterocycles. The van der Waals surface area contributed by atoms with Gasteiger partial charge in [-0.05, 0) is 12.3 Å². The van der Waals surface area contributed by atoms with Crippen molar-refractivity contribution in [3.63, 3.8) is 0 Å². The van der Waals surface area contributed by atoms with Gasteiger partial charge in [0.15, 0.2) is 0 Å². The molecule has 2 unspecified atom stereocenters. The molecule has 1 rings (SSSR count). The van der Waals surface area contributed by atoms with E-state index in [2.05, 4.69) is 5.32 Å². The van der Waals surface area contributed by atoms with Crippen LogP contribution in [0.15, 0.2) is 0 Å². The van der Waals surface area contributed by atoms with E-state index < -0.39 is 29.6 Å². The number of aliphatic hydroxyl groups excluding tert-OH is 1. The van der Waals surface area contributed by atoms with Crippen LogP contribution >= 0.6 is 0 Å². The van der Waals surface area contributed by atoms with Gasteiger partial charge in [0, 0.05) is 6.54 Å². The molecule has 0 aliphatic carbocycles. The van der Waals surface area contributed by atoms with E-state index in [9.17, 15) is 14.7 Å². The quantitative estimate of drug-likeness (QED) is 0.692. The van der Waals surface area contributed by atoms with Crippen molar-refractivity contribution in [3.8, 4) is 0 Å². The number of rotatable bonds is 3. The lowest BCUT2D eigenvalue weighted by Crippen LogP contribution is -2.58. The van der Waals surface area contributed by atoms with E-state index in [-0.39, 0.29) is 19.3 Å². The second-order valence-corrected chi connectivity index (χ2v) is 6.24. The van der Waals surface area contributed by atoms with Crippen LogP contribution in [0.4, 0.5) is 4.79 Å². The highest BCUT2D eigenvalue weighted by Crippen LogP contribution is 2.20. The maximum Gasteiger partial charge on any atom is 0.326 e. The molecule has 116 valence electrons. The third kappa shape index (κ3) is 4.35. The number of aliphatic hydroxyl groups is 1. The average Bonchev–Trinajstić information content (AvgIpc) is 2.32. The third-order valence-electron chi connectivity index (χ3n) is 3.20. The minimum atomic E-state index is -1.06. The van der Waals surface area contributed by atoms with E-state index in [0.717, 1.165) is 0 Å². The van der Waals surface area contributed by atoms with Crippen LogP contribution in [0.1, 0.15) is 27.7 Å². The van der Waals surface area contributed by atoms with Crippen molar-refractivity contribution in [2.75, 3.05) is 19.7 Å². The maximum atomic E-state index is 12.2. The van der Waals surface area contributed by atoms with Crippen LogP contribution in [-0.2, 0) is 9.53 Å². The minimum absolute atomic E-state index is 0.171. The van der Waals surface area contributed by atoms with Crippen molar-refractivity contribution in [3.05, 3.63) is 0 Å². The zero-order valence-corrected chi connectivity index (χ0v) is 12.4. The van der Waals surface area contributed by atoms with Gasteiger partial charge in [-0.3, -0.25) is 0 Å². The molecular formula is C13H24N2O5. The van der Waals surface area contributed by atoms with Gasteiger partial charge in [-0.2, -0.15) is 0 Å². The smallest absolute Gasteiger partial charge is 0.326 e. The number of nitrogens with zero attached hydrogens (tertiary/aromatic N) is 1. The molecule has 7 heteroatoms. The lowest BCUT2D eigenvalue weighted by molar-refractivity contribution is -0.142. The normalized spacial score (nSPS) is 25.1. The van der Waals surface area contributed by atoms with Gasteiger partial charge in [-0.1, -0.05) is 20.8 Å². The standard InChI is InChI=1S/C13H24N2O5/c1-8-5-15(6-9(7-16)20-8)12(19)14-10(11(17)18)13(2,3)4/h8-10,16H,5-7H2,1-4H3,(H,14,19)(H,17,18)/t8?,9?,10-/m0/s1. The SMILES string of the molecule is CC1CN(C(=O)N[C@@H](C(=O)O)C(C)(C)C)CC(CO)O1. The number of urea groups is 1. The number of carboxylic acids is 1. The van der Waals surface area contributed by atoms with Crippen LogP contribution in [0.3, 0.4) is 0 Å². The highest BCUT2D eigenvalue weighted by molar-refractivity contribution is 5.83. The predicted octanol–water partition coefficient (Wildman–Crippen LogP) is 0.277. The molecule has 0 radical (unpaired) electrons. The predicted molar refractivity (Wildman–Crippen MR) is 72.4 cm³/mol. The minimum Gasteiger partial charge on any atom is -0.480 e. The fraction of sp³-hybridized carbons (Fsp3) is 0.846. The van der Waals surface area contributed by atoms with Gasteiger partial charge < -0.3 is 25.2 Å². The summed E-state index contributed by atoms with van der Waals surface area (Å²) >= 11 is 0. The number of morpholine rings is 1. The third-order valence-corrected chi connectivity index (χ3v) is 3.20. The van der Waals surface area contributed by atoms with E-state index in [1.54, 1.807) is 27.7 Å². The summed E-state index contributed by atoms with van der Waals surface area (Å²) in [5.74, 6) is -1.06. The molecule has 3 atom stereocenters.